The van der Waals surface area contributed by atoms with Gasteiger partial charge in [0.1, 0.15) is 12.4 Å². The number of ketones is 1. The van der Waals surface area contributed by atoms with Gasteiger partial charge in [0.2, 0.25) is 0 Å². The molecule has 0 saturated heterocycles. The predicted molar refractivity (Wildman–Crippen MR) is 122 cm³/mol. The fourth-order valence-corrected chi connectivity index (χ4v) is 6.96. The number of rotatable bonds is 7. The lowest BCUT2D eigenvalue weighted by Gasteiger charge is -2.58. The number of nitrogens with zero attached hydrogens (tertiary/aromatic N) is 1. The number of aliphatic hydroxyl groups is 1. The smallest absolute Gasteiger partial charge is 0.330 e. The van der Waals surface area contributed by atoms with Crippen LogP contribution in [0.2, 0.25) is 0 Å². The maximum atomic E-state index is 13.8. The largest absolute Gasteiger partial charge is 0.461 e. The monoisotopic (exact) mass is 433 g/mol. The predicted octanol–water partition coefficient (Wildman–Crippen LogP) is 4.24. The van der Waals surface area contributed by atoms with Gasteiger partial charge in [-0.2, -0.15) is 0 Å². The van der Waals surface area contributed by atoms with E-state index in [2.05, 4.69) is 20.8 Å². The van der Waals surface area contributed by atoms with Crippen molar-refractivity contribution >= 4 is 11.8 Å². The van der Waals surface area contributed by atoms with Crippen LogP contribution in [0.1, 0.15) is 72.1 Å². The summed E-state index contributed by atoms with van der Waals surface area (Å²) in [6.45, 7) is 7.70. The second kappa shape index (κ2) is 9.74. The van der Waals surface area contributed by atoms with Crippen molar-refractivity contribution < 1.29 is 19.4 Å². The van der Waals surface area contributed by atoms with Crippen LogP contribution in [-0.2, 0) is 14.3 Å². The topological polar surface area (TPSA) is 66.8 Å². The molecule has 3 aliphatic rings. The normalized spacial score (nSPS) is 39.3. The third-order valence-corrected chi connectivity index (χ3v) is 9.04. The molecule has 1 N–H and O–H groups in total. The molecule has 3 saturated carbocycles. The molecule has 31 heavy (non-hydrogen) atoms. The zero-order chi connectivity index (χ0) is 22.8. The van der Waals surface area contributed by atoms with Gasteiger partial charge < -0.3 is 14.7 Å². The molecule has 0 unspecified atom stereocenters. The zero-order valence-corrected chi connectivity index (χ0v) is 20.2. The van der Waals surface area contributed by atoms with Crippen LogP contribution in [-0.4, -0.2) is 55.1 Å². The molecule has 0 bridgehead atoms. The van der Waals surface area contributed by atoms with Crippen molar-refractivity contribution in [3.05, 3.63) is 12.2 Å². The highest BCUT2D eigenvalue weighted by Gasteiger charge is 2.57. The summed E-state index contributed by atoms with van der Waals surface area (Å²) in [5.41, 5.74) is -0.222. The van der Waals surface area contributed by atoms with Crippen LogP contribution in [0.15, 0.2) is 12.2 Å². The second-order valence-electron chi connectivity index (χ2n) is 11.1. The summed E-state index contributed by atoms with van der Waals surface area (Å²) in [6.07, 6.45) is 10.9. The Morgan fingerprint density at radius 1 is 1.23 bits per heavy atom. The van der Waals surface area contributed by atoms with Gasteiger partial charge in [-0.3, -0.25) is 4.79 Å². The molecule has 7 atom stereocenters. The van der Waals surface area contributed by atoms with E-state index in [0.717, 1.165) is 51.4 Å². The Labute approximate surface area is 188 Å². The van der Waals surface area contributed by atoms with Crippen LogP contribution < -0.4 is 0 Å². The van der Waals surface area contributed by atoms with Gasteiger partial charge in [-0.05, 0) is 88.6 Å². The molecule has 0 spiro atoms. The number of hydrogen-bond acceptors (Lipinski definition) is 5. The summed E-state index contributed by atoms with van der Waals surface area (Å²) in [5, 5.41) is 10.2. The van der Waals surface area contributed by atoms with E-state index in [1.54, 1.807) is 0 Å². The van der Waals surface area contributed by atoms with Gasteiger partial charge >= 0.3 is 5.97 Å². The summed E-state index contributed by atoms with van der Waals surface area (Å²) >= 11 is 0. The lowest BCUT2D eigenvalue weighted by molar-refractivity contribution is -0.156. The molecule has 0 heterocycles. The van der Waals surface area contributed by atoms with Crippen LogP contribution in [0.3, 0.4) is 0 Å². The van der Waals surface area contributed by atoms with E-state index >= 15 is 0 Å². The highest BCUT2D eigenvalue weighted by molar-refractivity contribution is 5.89. The zero-order valence-electron chi connectivity index (χ0n) is 20.2. The summed E-state index contributed by atoms with van der Waals surface area (Å²) in [5.74, 6) is 1.27. The molecule has 0 amide bonds. The first-order chi connectivity index (χ1) is 14.6. The molecule has 0 aliphatic heterocycles. The SMILES string of the molecule is CC[C@@H](/C=C/C(=O)OCCN(C)C)[C@@]1(C)CC[C@H]2[C@@H](CC[C@@H]3C[C@@H](O)CC[C@@]32C)C1=O. The van der Waals surface area contributed by atoms with Gasteiger partial charge in [-0.1, -0.05) is 26.8 Å². The number of hydrogen-bond donors (Lipinski definition) is 1. The lowest BCUT2D eigenvalue weighted by atomic mass is 9.46. The lowest BCUT2D eigenvalue weighted by Crippen LogP contribution is -2.55. The molecule has 0 aromatic heterocycles. The fraction of sp³-hybridized carbons (Fsp3) is 0.846. The van der Waals surface area contributed by atoms with E-state index in [-0.39, 0.29) is 29.3 Å². The summed E-state index contributed by atoms with van der Waals surface area (Å²) in [6, 6.07) is 0. The van der Waals surface area contributed by atoms with Gasteiger partial charge in [0.25, 0.3) is 0 Å². The maximum Gasteiger partial charge on any atom is 0.330 e. The number of Topliss-reactive ketones (excluding diaryl/α,β-unsaturated/α-hetero) is 1. The number of carbonyl (C=O) groups is 2. The molecule has 176 valence electrons. The molecular weight excluding hydrogens is 390 g/mol. The number of esters is 1. The molecule has 0 aromatic rings. The van der Waals surface area contributed by atoms with Crippen molar-refractivity contribution in [2.75, 3.05) is 27.2 Å². The first-order valence-electron chi connectivity index (χ1n) is 12.3. The first-order valence-corrected chi connectivity index (χ1v) is 12.3. The molecule has 3 aliphatic carbocycles. The van der Waals surface area contributed by atoms with Crippen molar-refractivity contribution in [1.82, 2.24) is 4.90 Å². The van der Waals surface area contributed by atoms with Crippen LogP contribution in [0.5, 0.6) is 0 Å². The third-order valence-electron chi connectivity index (χ3n) is 9.04. The number of aliphatic hydroxyl groups excluding tert-OH is 1. The standard InChI is InChI=1S/C26H43NO4/c1-6-18(8-10-23(29)31-16-15-27(4)5)26(3)14-12-22-21(24(26)30)9-7-19-17-20(28)11-13-25(19,22)2/h8,10,18-22,28H,6-7,9,11-17H2,1-5H3/b10-8+/t18-,19+,20-,21+,22-,25-,26+/m0/s1. The Hall–Kier alpha value is -1.20. The van der Waals surface area contributed by atoms with Crippen molar-refractivity contribution in [2.24, 2.45) is 34.5 Å². The van der Waals surface area contributed by atoms with E-state index in [4.69, 9.17) is 4.74 Å². The van der Waals surface area contributed by atoms with Crippen LogP contribution in [0.4, 0.5) is 0 Å². The highest BCUT2D eigenvalue weighted by atomic mass is 16.5. The van der Waals surface area contributed by atoms with Crippen molar-refractivity contribution in [2.45, 2.75) is 78.2 Å². The molecule has 3 fully saturated rings. The number of ether oxygens (including phenoxy) is 1. The molecule has 3 rings (SSSR count). The average molecular weight is 434 g/mol. The minimum atomic E-state index is -0.409. The number of likely N-dealkylation sites (N-methyl/N-ethyl adjacent to an activating group) is 1. The second-order valence-corrected chi connectivity index (χ2v) is 11.1. The van der Waals surface area contributed by atoms with Crippen molar-refractivity contribution in [1.29, 1.82) is 0 Å². The van der Waals surface area contributed by atoms with E-state index in [1.165, 1.54) is 6.08 Å². The average Bonchev–Trinajstić information content (AvgIpc) is 2.71. The Kier molecular flexibility index (Phi) is 7.68. The van der Waals surface area contributed by atoms with Crippen LogP contribution in [0, 0.1) is 34.5 Å². The summed E-state index contributed by atoms with van der Waals surface area (Å²) < 4.78 is 5.29. The highest BCUT2D eigenvalue weighted by Crippen LogP contribution is 2.61. The minimum absolute atomic E-state index is 0.0565. The van der Waals surface area contributed by atoms with E-state index < -0.39 is 5.41 Å². The molecule has 5 heteroatoms. The number of carbonyl (C=O) groups excluding carboxylic acids is 2. The quantitative estimate of drug-likeness (QED) is 0.481. The Balaban J connectivity index is 1.69. The van der Waals surface area contributed by atoms with E-state index in [1.807, 2.05) is 25.1 Å². The van der Waals surface area contributed by atoms with Gasteiger partial charge in [0.15, 0.2) is 0 Å². The molecule has 5 nitrogen and oxygen atoms in total. The minimum Gasteiger partial charge on any atom is -0.461 e. The summed E-state index contributed by atoms with van der Waals surface area (Å²) in [4.78, 5) is 28.0. The molecule has 0 aromatic carbocycles. The first kappa shape index (κ1) is 24.4. The summed E-state index contributed by atoms with van der Waals surface area (Å²) in [7, 11) is 3.89. The van der Waals surface area contributed by atoms with Gasteiger partial charge in [-0.15, -0.1) is 0 Å². The van der Waals surface area contributed by atoms with Gasteiger partial charge in [0.05, 0.1) is 6.10 Å². The molecule has 0 radical (unpaired) electrons. The Bertz CT molecular complexity index is 689. The molecular formula is C26H43NO4. The van der Waals surface area contributed by atoms with E-state index in [9.17, 15) is 14.7 Å². The number of fused-ring (bicyclic) bond motifs is 3. The Morgan fingerprint density at radius 2 is 1.97 bits per heavy atom. The number of allylic oxidation sites excluding steroid dienone is 1. The van der Waals surface area contributed by atoms with Crippen LogP contribution >= 0.6 is 0 Å². The van der Waals surface area contributed by atoms with Gasteiger partial charge in [0, 0.05) is 24.0 Å². The van der Waals surface area contributed by atoms with Crippen molar-refractivity contribution in [3.8, 4) is 0 Å². The third kappa shape index (κ3) is 4.93. The van der Waals surface area contributed by atoms with Crippen molar-refractivity contribution in [3.63, 3.8) is 0 Å². The fourth-order valence-electron chi connectivity index (χ4n) is 6.96. The van der Waals surface area contributed by atoms with Crippen LogP contribution in [0.25, 0.3) is 0 Å². The maximum absolute atomic E-state index is 13.8. The van der Waals surface area contributed by atoms with Gasteiger partial charge in [-0.25, -0.2) is 4.79 Å². The Morgan fingerprint density at radius 3 is 2.65 bits per heavy atom. The van der Waals surface area contributed by atoms with E-state index in [0.29, 0.717) is 30.8 Å².